The van der Waals surface area contributed by atoms with E-state index in [0.29, 0.717) is 77.1 Å². The Bertz CT molecular complexity index is 2290. The molecule has 2 fully saturated rings. The second kappa shape index (κ2) is 19.5. The number of unbranched alkanes of at least 4 members (excludes halogenated alkanes) is 3. The van der Waals surface area contributed by atoms with E-state index in [9.17, 15) is 19.2 Å². The smallest absolute Gasteiger partial charge is 0.340 e. The molecule has 0 bridgehead atoms. The minimum atomic E-state index is -0.520. The van der Waals surface area contributed by atoms with Gasteiger partial charge < -0.3 is 28.1 Å². The van der Waals surface area contributed by atoms with E-state index >= 15 is 0 Å². The van der Waals surface area contributed by atoms with Crippen molar-refractivity contribution in [3.63, 3.8) is 0 Å². The largest absolute Gasteiger partial charge is 0.494 e. The fourth-order valence-corrected chi connectivity index (χ4v) is 8.87. The second-order valence-corrected chi connectivity index (χ2v) is 16.6. The average molecular weight is 822 g/mol. The van der Waals surface area contributed by atoms with Crippen molar-refractivity contribution in [3.8, 4) is 28.0 Å². The lowest BCUT2D eigenvalue weighted by atomic mass is 9.87. The molecule has 0 atom stereocenters. The van der Waals surface area contributed by atoms with Gasteiger partial charge in [0.25, 0.3) is 0 Å². The molecule has 0 aliphatic heterocycles. The van der Waals surface area contributed by atoms with E-state index < -0.39 is 11.9 Å². The summed E-state index contributed by atoms with van der Waals surface area (Å²) in [5.74, 6) is 0.116. The summed E-state index contributed by atoms with van der Waals surface area (Å²) in [7, 11) is 0. The molecule has 2 saturated carbocycles. The van der Waals surface area contributed by atoms with Gasteiger partial charge in [-0.15, -0.1) is 11.3 Å². The van der Waals surface area contributed by atoms with Gasteiger partial charge in [-0.25, -0.2) is 14.6 Å². The quantitative estimate of drug-likeness (QED) is 0.0406. The van der Waals surface area contributed by atoms with E-state index in [4.69, 9.17) is 33.1 Å². The molecule has 0 unspecified atom stereocenters. The molecule has 3 aromatic carbocycles. The molecule has 2 heterocycles. The van der Waals surface area contributed by atoms with Crippen molar-refractivity contribution in [3.05, 3.63) is 83.9 Å². The Hall–Kier alpha value is -5.49. The number of aryl methyl sites for hydroxylation is 2. The Morgan fingerprint density at radius 1 is 0.797 bits per heavy atom. The number of rotatable bonds is 16. The topological polar surface area (TPSA) is 140 Å². The Balaban J connectivity index is 0.941. The van der Waals surface area contributed by atoms with Gasteiger partial charge in [0.2, 0.25) is 0 Å². The Morgan fingerprint density at radius 2 is 1.49 bits per heavy atom. The first-order valence-corrected chi connectivity index (χ1v) is 21.6. The third-order valence-electron chi connectivity index (χ3n) is 11.1. The van der Waals surface area contributed by atoms with Crippen LogP contribution in [0.25, 0.3) is 32.0 Å². The summed E-state index contributed by atoms with van der Waals surface area (Å²) in [6.45, 7) is 8.39. The zero-order chi connectivity index (χ0) is 41.3. The van der Waals surface area contributed by atoms with Gasteiger partial charge in [0.1, 0.15) is 34.5 Å². The number of nitrogens with zero attached hydrogens (tertiary/aromatic N) is 1. The average Bonchev–Trinajstić information content (AvgIpc) is 3.89. The fourth-order valence-electron chi connectivity index (χ4n) is 7.87. The van der Waals surface area contributed by atoms with E-state index in [1.807, 2.05) is 26.0 Å². The number of hydrogen-bond acceptors (Lipinski definition) is 12. The van der Waals surface area contributed by atoms with Crippen LogP contribution in [-0.2, 0) is 23.9 Å². The van der Waals surface area contributed by atoms with E-state index in [1.54, 1.807) is 36.4 Å². The number of carbonyl (C=O) groups is 4. The Kier molecular flexibility index (Phi) is 13.8. The first kappa shape index (κ1) is 41.7. The lowest BCUT2D eigenvalue weighted by Crippen LogP contribution is -2.30. The molecular weight excluding hydrogens is 771 g/mol. The number of fused-ring (bicyclic) bond motifs is 2. The highest BCUT2D eigenvalue weighted by atomic mass is 32.1. The maximum absolute atomic E-state index is 13.8. The number of esters is 4. The molecule has 2 aliphatic carbocycles. The minimum absolute atomic E-state index is 0.146. The van der Waals surface area contributed by atoms with E-state index in [0.717, 1.165) is 86.0 Å². The molecule has 310 valence electrons. The number of benzene rings is 3. The monoisotopic (exact) mass is 821 g/mol. The van der Waals surface area contributed by atoms with Crippen LogP contribution in [0.4, 0.5) is 0 Å². The normalized spacial score (nSPS) is 17.1. The minimum Gasteiger partial charge on any atom is -0.494 e. The molecule has 7 rings (SSSR count). The van der Waals surface area contributed by atoms with Crippen LogP contribution < -0.4 is 14.2 Å². The van der Waals surface area contributed by atoms with Crippen molar-refractivity contribution < 1.29 is 47.3 Å². The maximum atomic E-state index is 13.8. The third kappa shape index (κ3) is 10.6. The molecule has 12 heteroatoms. The number of carbonyl (C=O) groups excluding carboxylic acids is 4. The SMILES string of the molecule is C=CC(=O)OCCCCCCOc1ccc(OC(=O)C2CCC(OC(=O)c3ccc(OC(=O)C4CCCCC4)c4sc(-c5cc6c(C)cc(C)cc6o5)nc34)CC2)cc1. The van der Waals surface area contributed by atoms with Crippen LogP contribution in [-0.4, -0.2) is 48.2 Å². The van der Waals surface area contributed by atoms with Crippen LogP contribution >= 0.6 is 11.3 Å². The predicted molar refractivity (Wildman–Crippen MR) is 225 cm³/mol. The molecular formula is C47H51NO10S. The number of ether oxygens (including phenoxy) is 5. The van der Waals surface area contributed by atoms with Crippen LogP contribution in [0.5, 0.6) is 17.2 Å². The second-order valence-electron chi connectivity index (χ2n) is 15.6. The standard InChI is InChI=1S/C47H51NO10S/c1-4-41(49)54-25-11-6-5-10-24-53-33-18-20-35(21-19-33)55-45(50)32-14-16-34(17-15-32)56-47(52)36-22-23-38(58-46(51)31-12-8-7-9-13-31)43-42(36)48-44(59-43)40-28-37-30(3)26-29(2)27-39(37)57-40/h4,18-23,26-28,31-32,34H,1,5-17,24-25H2,2-3H3. The van der Waals surface area contributed by atoms with Gasteiger partial charge in [-0.3, -0.25) is 9.59 Å². The summed E-state index contributed by atoms with van der Waals surface area (Å²) in [6, 6.07) is 16.3. The Morgan fingerprint density at radius 3 is 2.24 bits per heavy atom. The van der Waals surface area contributed by atoms with Crippen LogP contribution in [0, 0.1) is 25.7 Å². The van der Waals surface area contributed by atoms with Crippen molar-refractivity contribution in [2.45, 2.75) is 103 Å². The lowest BCUT2D eigenvalue weighted by Gasteiger charge is -2.27. The highest BCUT2D eigenvalue weighted by molar-refractivity contribution is 7.22. The van der Waals surface area contributed by atoms with Gasteiger partial charge in [-0.1, -0.05) is 31.9 Å². The number of hydrogen-bond donors (Lipinski definition) is 0. The molecule has 0 radical (unpaired) electrons. The Labute approximate surface area is 348 Å². The zero-order valence-corrected chi connectivity index (χ0v) is 34.6. The lowest BCUT2D eigenvalue weighted by molar-refractivity contribution is -0.141. The van der Waals surface area contributed by atoms with Crippen molar-refractivity contribution in [2.24, 2.45) is 11.8 Å². The highest BCUT2D eigenvalue weighted by Crippen LogP contribution is 2.41. The third-order valence-corrected chi connectivity index (χ3v) is 12.2. The number of thiazole rings is 1. The van der Waals surface area contributed by atoms with Gasteiger partial charge in [0.05, 0.1) is 35.3 Å². The van der Waals surface area contributed by atoms with Gasteiger partial charge in [0, 0.05) is 11.5 Å². The molecule has 0 N–H and O–H groups in total. The van der Waals surface area contributed by atoms with E-state index in [2.05, 4.69) is 12.6 Å². The molecule has 0 spiro atoms. The zero-order valence-electron chi connectivity index (χ0n) is 33.8. The summed E-state index contributed by atoms with van der Waals surface area (Å²) in [4.78, 5) is 56.1. The van der Waals surface area contributed by atoms with Crippen LogP contribution in [0.15, 0.2) is 71.7 Å². The van der Waals surface area contributed by atoms with Crippen molar-refractivity contribution in [2.75, 3.05) is 13.2 Å². The summed E-state index contributed by atoms with van der Waals surface area (Å²) < 4.78 is 35.4. The molecule has 0 saturated heterocycles. The maximum Gasteiger partial charge on any atom is 0.340 e. The highest BCUT2D eigenvalue weighted by Gasteiger charge is 2.32. The van der Waals surface area contributed by atoms with Gasteiger partial charge >= 0.3 is 23.9 Å². The summed E-state index contributed by atoms with van der Waals surface area (Å²) in [6.07, 6.45) is 11.2. The predicted octanol–water partition coefficient (Wildman–Crippen LogP) is 10.8. The summed E-state index contributed by atoms with van der Waals surface area (Å²) in [5, 5.41) is 1.55. The molecule has 59 heavy (non-hydrogen) atoms. The first-order chi connectivity index (χ1) is 28.6. The van der Waals surface area contributed by atoms with Gasteiger partial charge in [0.15, 0.2) is 10.8 Å². The number of aromatic nitrogens is 1. The molecule has 0 amide bonds. The van der Waals surface area contributed by atoms with Crippen LogP contribution in [0.3, 0.4) is 0 Å². The van der Waals surface area contributed by atoms with E-state index in [-0.39, 0.29) is 35.4 Å². The van der Waals surface area contributed by atoms with Gasteiger partial charge in [-0.05, 0) is 138 Å². The summed E-state index contributed by atoms with van der Waals surface area (Å²) in [5.41, 5.74) is 3.61. The molecule has 2 aromatic heterocycles. The van der Waals surface area contributed by atoms with Crippen LogP contribution in [0.1, 0.15) is 105 Å². The molecule has 2 aliphatic rings. The molecule has 5 aromatic rings. The van der Waals surface area contributed by atoms with Crippen molar-refractivity contribution >= 4 is 56.4 Å². The summed E-state index contributed by atoms with van der Waals surface area (Å²) >= 11 is 1.32. The van der Waals surface area contributed by atoms with Crippen LogP contribution in [0.2, 0.25) is 0 Å². The van der Waals surface area contributed by atoms with Crippen molar-refractivity contribution in [1.29, 1.82) is 0 Å². The first-order valence-electron chi connectivity index (χ1n) is 20.8. The number of furan rings is 1. The fraction of sp³-hybridized carbons (Fsp3) is 0.426. The van der Waals surface area contributed by atoms with Gasteiger partial charge in [-0.2, -0.15) is 0 Å². The molecule has 11 nitrogen and oxygen atoms in total. The van der Waals surface area contributed by atoms with E-state index in [1.165, 1.54) is 11.3 Å². The van der Waals surface area contributed by atoms with Crippen molar-refractivity contribution in [1.82, 2.24) is 4.98 Å².